The smallest absolute Gasteiger partial charge is 0.305 e. The lowest BCUT2D eigenvalue weighted by Crippen LogP contribution is -2.37. The zero-order chi connectivity index (χ0) is 15.8. The Labute approximate surface area is 123 Å². The fourth-order valence-electron chi connectivity index (χ4n) is 1.15. The van der Waals surface area contributed by atoms with Crippen molar-refractivity contribution in [1.82, 2.24) is 15.6 Å². The van der Waals surface area contributed by atoms with E-state index in [1.165, 1.54) is 5.38 Å². The standard InChI is InChI=1S/C10H14N6O4S/c11-9(12)16-10-15-5(4-21-10)8(20)14-3-6(17)13-2-1-7(18)19/h4H,1-3H2,(H,13,17)(H,14,20)(H,18,19)(H4,11,12,15,16). The largest absolute Gasteiger partial charge is 0.481 e. The molecular formula is C10H14N6O4S. The summed E-state index contributed by atoms with van der Waals surface area (Å²) < 4.78 is 0. The highest BCUT2D eigenvalue weighted by Crippen LogP contribution is 2.18. The number of amides is 2. The first-order valence-electron chi connectivity index (χ1n) is 5.70. The van der Waals surface area contributed by atoms with Crippen LogP contribution in [-0.4, -0.2) is 46.9 Å². The van der Waals surface area contributed by atoms with Crippen molar-refractivity contribution in [1.29, 1.82) is 0 Å². The number of hydrogen-bond acceptors (Lipinski definition) is 6. The van der Waals surface area contributed by atoms with Crippen LogP contribution in [0.5, 0.6) is 0 Å². The van der Waals surface area contributed by atoms with Crippen molar-refractivity contribution in [2.75, 3.05) is 13.1 Å². The van der Waals surface area contributed by atoms with Gasteiger partial charge in [0.25, 0.3) is 5.91 Å². The van der Waals surface area contributed by atoms with Crippen molar-refractivity contribution in [3.63, 3.8) is 0 Å². The molecule has 21 heavy (non-hydrogen) atoms. The van der Waals surface area contributed by atoms with Crippen LogP contribution in [0.15, 0.2) is 10.4 Å². The van der Waals surface area contributed by atoms with E-state index in [2.05, 4.69) is 20.6 Å². The molecular weight excluding hydrogens is 300 g/mol. The van der Waals surface area contributed by atoms with Crippen LogP contribution >= 0.6 is 11.3 Å². The number of nitrogens with one attached hydrogen (secondary N) is 2. The third-order valence-electron chi connectivity index (χ3n) is 2.02. The second-order valence-electron chi connectivity index (χ2n) is 3.73. The zero-order valence-corrected chi connectivity index (χ0v) is 11.6. The first-order valence-corrected chi connectivity index (χ1v) is 6.58. The van der Waals surface area contributed by atoms with Gasteiger partial charge in [-0.2, -0.15) is 4.99 Å². The van der Waals surface area contributed by atoms with E-state index in [0.717, 1.165) is 11.3 Å². The molecule has 114 valence electrons. The fourth-order valence-corrected chi connectivity index (χ4v) is 1.84. The van der Waals surface area contributed by atoms with Gasteiger partial charge in [0.05, 0.1) is 13.0 Å². The number of carbonyl (C=O) groups excluding carboxylic acids is 2. The molecule has 11 heteroatoms. The van der Waals surface area contributed by atoms with Crippen LogP contribution in [0.4, 0.5) is 5.13 Å². The maximum Gasteiger partial charge on any atom is 0.305 e. The first kappa shape index (κ1) is 16.4. The summed E-state index contributed by atoms with van der Waals surface area (Å²) in [5.74, 6) is -2.25. The Balaban J connectivity index is 2.40. The van der Waals surface area contributed by atoms with Crippen LogP contribution in [-0.2, 0) is 9.59 Å². The van der Waals surface area contributed by atoms with E-state index >= 15 is 0 Å². The van der Waals surface area contributed by atoms with Crippen molar-refractivity contribution in [2.45, 2.75) is 6.42 Å². The highest BCUT2D eigenvalue weighted by Gasteiger charge is 2.12. The Morgan fingerprint density at radius 3 is 2.67 bits per heavy atom. The zero-order valence-electron chi connectivity index (χ0n) is 10.8. The first-order chi connectivity index (χ1) is 9.88. The van der Waals surface area contributed by atoms with Crippen molar-refractivity contribution >= 4 is 40.2 Å². The molecule has 0 aromatic carbocycles. The number of thiazole rings is 1. The Hall–Kier alpha value is -2.69. The molecule has 0 unspecified atom stereocenters. The molecule has 7 N–H and O–H groups in total. The highest BCUT2D eigenvalue weighted by molar-refractivity contribution is 7.13. The predicted octanol–water partition coefficient (Wildman–Crippen LogP) is -1.63. The maximum absolute atomic E-state index is 11.7. The number of carboxylic acid groups (broad SMARTS) is 1. The molecule has 0 bridgehead atoms. The lowest BCUT2D eigenvalue weighted by Gasteiger charge is -2.04. The van der Waals surface area contributed by atoms with E-state index in [-0.39, 0.29) is 36.3 Å². The summed E-state index contributed by atoms with van der Waals surface area (Å²) in [6.07, 6.45) is -0.187. The summed E-state index contributed by atoms with van der Waals surface area (Å²) in [5, 5.41) is 14.8. The highest BCUT2D eigenvalue weighted by atomic mass is 32.1. The minimum absolute atomic E-state index is 0.00459. The Kier molecular flexibility index (Phi) is 6.07. The van der Waals surface area contributed by atoms with Crippen molar-refractivity contribution < 1.29 is 19.5 Å². The van der Waals surface area contributed by atoms with Crippen LogP contribution < -0.4 is 22.1 Å². The van der Waals surface area contributed by atoms with Crippen molar-refractivity contribution in [3.8, 4) is 0 Å². The van der Waals surface area contributed by atoms with Crippen LogP contribution in [0.25, 0.3) is 0 Å². The minimum Gasteiger partial charge on any atom is -0.481 e. The molecule has 1 aromatic rings. The number of carbonyl (C=O) groups is 3. The monoisotopic (exact) mass is 314 g/mol. The van der Waals surface area contributed by atoms with Gasteiger partial charge < -0.3 is 27.2 Å². The molecule has 0 aliphatic rings. The average Bonchev–Trinajstić information content (AvgIpc) is 2.83. The third-order valence-corrected chi connectivity index (χ3v) is 2.75. The molecule has 0 saturated heterocycles. The molecule has 1 aromatic heterocycles. The molecule has 0 saturated carbocycles. The van der Waals surface area contributed by atoms with Gasteiger partial charge in [-0.25, -0.2) is 4.98 Å². The second kappa shape index (κ2) is 7.79. The van der Waals surface area contributed by atoms with Crippen molar-refractivity contribution in [2.24, 2.45) is 16.5 Å². The second-order valence-corrected chi connectivity index (χ2v) is 4.56. The molecule has 2 amide bonds. The van der Waals surface area contributed by atoms with Gasteiger partial charge in [0, 0.05) is 11.9 Å². The average molecular weight is 314 g/mol. The summed E-state index contributed by atoms with van der Waals surface area (Å²) in [4.78, 5) is 40.8. The molecule has 0 atom stereocenters. The molecule has 0 spiro atoms. The third kappa shape index (κ3) is 6.33. The number of aliphatic carboxylic acids is 1. The number of carboxylic acids is 1. The summed E-state index contributed by atoms with van der Waals surface area (Å²) >= 11 is 1.07. The molecule has 1 rings (SSSR count). The summed E-state index contributed by atoms with van der Waals surface area (Å²) in [6, 6.07) is 0. The van der Waals surface area contributed by atoms with Gasteiger partial charge in [0.15, 0.2) is 5.96 Å². The van der Waals surface area contributed by atoms with Gasteiger partial charge in [0.2, 0.25) is 11.0 Å². The molecule has 0 radical (unpaired) electrons. The van der Waals surface area contributed by atoms with Crippen LogP contribution in [0, 0.1) is 0 Å². The number of hydrogen-bond donors (Lipinski definition) is 5. The van der Waals surface area contributed by atoms with Gasteiger partial charge in [-0.05, 0) is 0 Å². The van der Waals surface area contributed by atoms with E-state index in [4.69, 9.17) is 16.6 Å². The summed E-state index contributed by atoms with van der Waals surface area (Å²) in [5.41, 5.74) is 10.4. The number of nitrogens with two attached hydrogens (primary N) is 2. The quantitative estimate of drug-likeness (QED) is 0.296. The van der Waals surface area contributed by atoms with E-state index in [9.17, 15) is 14.4 Å². The fraction of sp³-hybridized carbons (Fsp3) is 0.300. The molecule has 0 aliphatic carbocycles. The predicted molar refractivity (Wildman–Crippen MR) is 75.2 cm³/mol. The number of nitrogens with zero attached hydrogens (tertiary/aromatic N) is 2. The minimum atomic E-state index is -1.02. The Morgan fingerprint density at radius 1 is 1.33 bits per heavy atom. The van der Waals surface area contributed by atoms with Gasteiger partial charge in [-0.1, -0.05) is 0 Å². The number of aliphatic imine (C=N–C) groups is 1. The van der Waals surface area contributed by atoms with E-state index in [0.29, 0.717) is 0 Å². The number of aromatic nitrogens is 1. The van der Waals surface area contributed by atoms with E-state index in [1.807, 2.05) is 0 Å². The summed E-state index contributed by atoms with van der Waals surface area (Å²) in [6.45, 7) is -0.289. The Morgan fingerprint density at radius 2 is 2.05 bits per heavy atom. The van der Waals surface area contributed by atoms with Gasteiger partial charge in [-0.3, -0.25) is 14.4 Å². The van der Waals surface area contributed by atoms with E-state index < -0.39 is 17.8 Å². The molecule has 10 nitrogen and oxygen atoms in total. The normalized spacial score (nSPS) is 9.71. The number of rotatable bonds is 7. The lowest BCUT2D eigenvalue weighted by molar-refractivity contribution is -0.136. The SMILES string of the molecule is NC(N)=Nc1nc(C(=O)NCC(=O)NCCC(=O)O)cs1. The topological polar surface area (TPSA) is 173 Å². The van der Waals surface area contributed by atoms with Crippen molar-refractivity contribution in [3.05, 3.63) is 11.1 Å². The molecule has 0 fully saturated rings. The maximum atomic E-state index is 11.7. The molecule has 1 heterocycles. The Bertz CT molecular complexity index is 566. The van der Waals surface area contributed by atoms with Crippen LogP contribution in [0.2, 0.25) is 0 Å². The summed E-state index contributed by atoms with van der Waals surface area (Å²) in [7, 11) is 0. The lowest BCUT2D eigenvalue weighted by atomic mass is 10.4. The van der Waals surface area contributed by atoms with Gasteiger partial charge >= 0.3 is 5.97 Å². The molecule has 0 aliphatic heterocycles. The number of guanidine groups is 1. The van der Waals surface area contributed by atoms with Gasteiger partial charge in [-0.15, -0.1) is 11.3 Å². The van der Waals surface area contributed by atoms with Crippen LogP contribution in [0.3, 0.4) is 0 Å². The van der Waals surface area contributed by atoms with Gasteiger partial charge in [0.1, 0.15) is 5.69 Å². The van der Waals surface area contributed by atoms with Crippen LogP contribution in [0.1, 0.15) is 16.9 Å². The van der Waals surface area contributed by atoms with E-state index in [1.54, 1.807) is 0 Å².